The number of benzene rings is 2. The van der Waals surface area contributed by atoms with E-state index < -0.39 is 71.7 Å². The molecule has 3 rings (SSSR count). The van der Waals surface area contributed by atoms with E-state index in [4.69, 9.17) is 9.47 Å². The Labute approximate surface area is 181 Å². The minimum absolute atomic E-state index is 0.0253. The molecule has 1 saturated heterocycles. The minimum Gasteiger partial charge on any atom is -0.508 e. The average Bonchev–Trinajstić information content (AvgIpc) is 2.75. The molecule has 11 nitrogen and oxygen atoms in total. The zero-order valence-corrected chi connectivity index (χ0v) is 16.4. The first-order chi connectivity index (χ1) is 15.1. The maximum absolute atomic E-state index is 12.6. The Morgan fingerprint density at radius 3 is 2.25 bits per heavy atom. The van der Waals surface area contributed by atoms with Crippen molar-refractivity contribution in [2.45, 2.75) is 30.7 Å². The SMILES string of the molecule is O=C(C=Cc1ccc(O)cc1)c1c(O)cc(O)c(O[C@H]2O[C@H](CO)[C@@H](O)[C@H](O)[C@H]2O)c1O. The predicted molar refractivity (Wildman–Crippen MR) is 107 cm³/mol. The lowest BCUT2D eigenvalue weighted by Crippen LogP contribution is -2.60. The highest BCUT2D eigenvalue weighted by Crippen LogP contribution is 2.45. The Morgan fingerprint density at radius 2 is 1.62 bits per heavy atom. The number of aliphatic hydroxyl groups excluding tert-OH is 4. The van der Waals surface area contributed by atoms with Crippen molar-refractivity contribution in [3.8, 4) is 28.7 Å². The summed E-state index contributed by atoms with van der Waals surface area (Å²) in [6, 6.07) is 6.55. The molecule has 0 amide bonds. The number of hydrogen-bond donors (Lipinski definition) is 8. The monoisotopic (exact) mass is 450 g/mol. The lowest BCUT2D eigenvalue weighted by Gasteiger charge is -2.39. The highest BCUT2D eigenvalue weighted by molar-refractivity contribution is 6.11. The molecule has 0 aromatic heterocycles. The van der Waals surface area contributed by atoms with E-state index in [1.807, 2.05) is 0 Å². The standard InChI is InChI=1S/C21H22O11/c22-8-14-16(27)18(29)19(30)21(31-14)32-20-13(26)7-12(25)15(17(20)28)11(24)6-3-9-1-4-10(23)5-2-9/h1-7,14,16,18-19,21-23,25-30H,8H2/t14-,16-,18+,19-,21-/m1/s1. The number of carbonyl (C=O) groups excluding carboxylic acids is 1. The second kappa shape index (κ2) is 9.42. The smallest absolute Gasteiger partial charge is 0.229 e. The molecule has 1 aliphatic rings. The van der Waals surface area contributed by atoms with Gasteiger partial charge in [-0.3, -0.25) is 4.79 Å². The number of aromatic hydroxyl groups is 4. The number of ketones is 1. The molecule has 172 valence electrons. The molecule has 1 aliphatic heterocycles. The van der Waals surface area contributed by atoms with Crippen molar-refractivity contribution >= 4 is 11.9 Å². The van der Waals surface area contributed by atoms with Crippen LogP contribution in [-0.2, 0) is 4.74 Å². The van der Waals surface area contributed by atoms with Gasteiger partial charge >= 0.3 is 0 Å². The van der Waals surface area contributed by atoms with Gasteiger partial charge in [-0.25, -0.2) is 0 Å². The van der Waals surface area contributed by atoms with Gasteiger partial charge in [0.1, 0.15) is 41.5 Å². The third-order valence-corrected chi connectivity index (χ3v) is 4.86. The molecule has 0 aliphatic carbocycles. The largest absolute Gasteiger partial charge is 0.508 e. The molecule has 11 heteroatoms. The lowest BCUT2D eigenvalue weighted by atomic mass is 9.99. The summed E-state index contributed by atoms with van der Waals surface area (Å²) in [5.74, 6) is -4.13. The fourth-order valence-electron chi connectivity index (χ4n) is 3.10. The lowest BCUT2D eigenvalue weighted by molar-refractivity contribution is -0.277. The summed E-state index contributed by atoms with van der Waals surface area (Å²) in [6.07, 6.45) is -5.95. The van der Waals surface area contributed by atoms with Crippen LogP contribution >= 0.6 is 0 Å². The van der Waals surface area contributed by atoms with E-state index in [0.29, 0.717) is 5.56 Å². The van der Waals surface area contributed by atoms with Crippen molar-refractivity contribution < 1.29 is 55.1 Å². The van der Waals surface area contributed by atoms with Gasteiger partial charge in [0.15, 0.2) is 17.3 Å². The molecule has 1 heterocycles. The third kappa shape index (κ3) is 4.61. The van der Waals surface area contributed by atoms with Gasteiger partial charge in [-0.05, 0) is 23.8 Å². The van der Waals surface area contributed by atoms with Crippen LogP contribution in [0.5, 0.6) is 28.7 Å². The first-order valence-corrected chi connectivity index (χ1v) is 9.40. The Balaban J connectivity index is 1.89. The first-order valence-electron chi connectivity index (χ1n) is 9.40. The molecule has 2 aromatic rings. The van der Waals surface area contributed by atoms with Crippen LogP contribution in [0, 0.1) is 0 Å². The number of phenols is 4. The maximum Gasteiger partial charge on any atom is 0.229 e. The molecule has 0 saturated carbocycles. The van der Waals surface area contributed by atoms with Gasteiger partial charge < -0.3 is 50.3 Å². The van der Waals surface area contributed by atoms with Gasteiger partial charge in [0.05, 0.1) is 6.61 Å². The van der Waals surface area contributed by atoms with Crippen molar-refractivity contribution in [1.29, 1.82) is 0 Å². The van der Waals surface area contributed by atoms with E-state index >= 15 is 0 Å². The van der Waals surface area contributed by atoms with Crippen molar-refractivity contribution in [3.63, 3.8) is 0 Å². The van der Waals surface area contributed by atoms with E-state index in [1.54, 1.807) is 0 Å². The third-order valence-electron chi connectivity index (χ3n) is 4.86. The Hall–Kier alpha value is -3.35. The maximum atomic E-state index is 12.6. The Kier molecular flexibility index (Phi) is 6.87. The minimum atomic E-state index is -1.84. The molecule has 0 radical (unpaired) electrons. The average molecular weight is 450 g/mol. The fourth-order valence-corrected chi connectivity index (χ4v) is 3.10. The van der Waals surface area contributed by atoms with Crippen LogP contribution in [0.25, 0.3) is 6.08 Å². The summed E-state index contributed by atoms with van der Waals surface area (Å²) in [5, 5.41) is 78.9. The number of ether oxygens (including phenoxy) is 2. The molecule has 5 atom stereocenters. The normalized spacial score (nSPS) is 25.7. The van der Waals surface area contributed by atoms with E-state index in [1.165, 1.54) is 30.3 Å². The van der Waals surface area contributed by atoms with Gasteiger partial charge in [-0.2, -0.15) is 0 Å². The van der Waals surface area contributed by atoms with Gasteiger partial charge in [-0.1, -0.05) is 18.2 Å². The highest BCUT2D eigenvalue weighted by Gasteiger charge is 2.45. The van der Waals surface area contributed by atoms with Crippen molar-refractivity contribution in [2.75, 3.05) is 6.61 Å². The van der Waals surface area contributed by atoms with Crippen LogP contribution in [0.3, 0.4) is 0 Å². The molecular weight excluding hydrogens is 428 g/mol. The zero-order valence-electron chi connectivity index (χ0n) is 16.4. The number of phenolic OH excluding ortho intramolecular Hbond substituents is 4. The summed E-state index contributed by atoms with van der Waals surface area (Å²) in [7, 11) is 0. The van der Waals surface area contributed by atoms with Crippen LogP contribution in [-0.4, -0.2) is 83.9 Å². The zero-order chi connectivity index (χ0) is 23.6. The molecule has 2 aromatic carbocycles. The number of carbonyl (C=O) groups is 1. The molecule has 1 fully saturated rings. The van der Waals surface area contributed by atoms with Crippen LogP contribution in [0.1, 0.15) is 15.9 Å². The number of rotatable bonds is 6. The van der Waals surface area contributed by atoms with Gasteiger partial charge in [-0.15, -0.1) is 0 Å². The quantitative estimate of drug-likeness (QED) is 0.210. The summed E-state index contributed by atoms with van der Waals surface area (Å²) in [6.45, 7) is -0.732. The first kappa shape index (κ1) is 23.3. The number of hydrogen-bond acceptors (Lipinski definition) is 11. The van der Waals surface area contributed by atoms with E-state index in [2.05, 4.69) is 0 Å². The highest BCUT2D eigenvalue weighted by atomic mass is 16.7. The van der Waals surface area contributed by atoms with Crippen molar-refractivity contribution in [2.24, 2.45) is 0 Å². The molecule has 32 heavy (non-hydrogen) atoms. The van der Waals surface area contributed by atoms with Crippen LogP contribution in [0.2, 0.25) is 0 Å². The Bertz CT molecular complexity index is 1000. The van der Waals surface area contributed by atoms with Crippen molar-refractivity contribution in [3.05, 3.63) is 47.5 Å². The predicted octanol–water partition coefficient (Wildman–Crippen LogP) is -0.416. The van der Waals surface area contributed by atoms with Gasteiger partial charge in [0.25, 0.3) is 0 Å². The summed E-state index contributed by atoms with van der Waals surface area (Å²) in [5.41, 5.74) is -0.0934. The molecule has 0 unspecified atom stereocenters. The van der Waals surface area contributed by atoms with Gasteiger partial charge in [0.2, 0.25) is 12.0 Å². The fraction of sp³-hybridized carbons (Fsp3) is 0.286. The van der Waals surface area contributed by atoms with Crippen LogP contribution < -0.4 is 4.74 Å². The topological polar surface area (TPSA) is 197 Å². The van der Waals surface area contributed by atoms with E-state index in [9.17, 15) is 45.6 Å². The van der Waals surface area contributed by atoms with E-state index in [-0.39, 0.29) is 5.75 Å². The second-order valence-electron chi connectivity index (χ2n) is 7.07. The van der Waals surface area contributed by atoms with E-state index in [0.717, 1.165) is 12.1 Å². The molecule has 8 N–H and O–H groups in total. The summed E-state index contributed by atoms with van der Waals surface area (Å²) in [4.78, 5) is 12.6. The summed E-state index contributed by atoms with van der Waals surface area (Å²) < 4.78 is 10.4. The summed E-state index contributed by atoms with van der Waals surface area (Å²) >= 11 is 0. The van der Waals surface area contributed by atoms with Gasteiger partial charge in [0, 0.05) is 6.07 Å². The van der Waals surface area contributed by atoms with Crippen molar-refractivity contribution in [1.82, 2.24) is 0 Å². The number of aliphatic hydroxyl groups is 4. The molecule has 0 bridgehead atoms. The Morgan fingerprint density at radius 1 is 0.969 bits per heavy atom. The number of allylic oxidation sites excluding steroid dienone is 1. The molecule has 0 spiro atoms. The van der Waals surface area contributed by atoms with Crippen LogP contribution in [0.15, 0.2) is 36.4 Å². The molecular formula is C21H22O11. The second-order valence-corrected chi connectivity index (χ2v) is 7.07. The van der Waals surface area contributed by atoms with Crippen LogP contribution in [0.4, 0.5) is 0 Å².